The number of carbonyl (C=O) groups is 1. The number of piperazine rings is 1. The Kier molecular flexibility index (Phi) is 6.80. The number of sulfonamides is 1. The second-order valence-corrected chi connectivity index (χ2v) is 9.53. The van der Waals surface area contributed by atoms with Crippen molar-refractivity contribution in [2.45, 2.75) is 11.4 Å². The molecule has 11 heteroatoms. The molecule has 4 rings (SSSR count). The van der Waals surface area contributed by atoms with Gasteiger partial charge in [-0.2, -0.15) is 9.40 Å². The van der Waals surface area contributed by atoms with Crippen LogP contribution >= 0.6 is 0 Å². The topological polar surface area (TPSA) is 121 Å². The molecule has 2 aromatic heterocycles. The van der Waals surface area contributed by atoms with Gasteiger partial charge in [0.05, 0.1) is 23.3 Å². The maximum Gasteiger partial charge on any atom is 0.253 e. The van der Waals surface area contributed by atoms with E-state index in [1.165, 1.54) is 10.5 Å². The molecule has 0 bridgehead atoms. The summed E-state index contributed by atoms with van der Waals surface area (Å²) in [6, 6.07) is 8.34. The number of amides is 1. The highest BCUT2D eigenvalue weighted by Gasteiger charge is 2.28. The van der Waals surface area contributed by atoms with Crippen molar-refractivity contribution in [1.29, 1.82) is 0 Å². The van der Waals surface area contributed by atoms with Gasteiger partial charge in [0.25, 0.3) is 5.91 Å². The lowest BCUT2D eigenvalue weighted by molar-refractivity contribution is 0.0950. The van der Waals surface area contributed by atoms with Crippen molar-refractivity contribution < 1.29 is 17.9 Å². The number of H-pyrrole nitrogens is 1. The van der Waals surface area contributed by atoms with Crippen molar-refractivity contribution in [3.8, 4) is 0 Å². The van der Waals surface area contributed by atoms with E-state index in [1.807, 2.05) is 0 Å². The molecular formula is C21H26N6O4S. The summed E-state index contributed by atoms with van der Waals surface area (Å²) in [7, 11) is -1.88. The van der Waals surface area contributed by atoms with Crippen molar-refractivity contribution >= 4 is 27.0 Å². The van der Waals surface area contributed by atoms with Gasteiger partial charge in [-0.15, -0.1) is 0 Å². The summed E-state index contributed by atoms with van der Waals surface area (Å²) in [6.07, 6.45) is 3.10. The zero-order valence-electron chi connectivity index (χ0n) is 17.8. The fourth-order valence-electron chi connectivity index (χ4n) is 3.59. The van der Waals surface area contributed by atoms with E-state index in [2.05, 4.69) is 25.4 Å². The molecule has 0 atom stereocenters. The van der Waals surface area contributed by atoms with Gasteiger partial charge in [0.15, 0.2) is 5.65 Å². The van der Waals surface area contributed by atoms with Crippen molar-refractivity contribution in [2.75, 3.05) is 46.4 Å². The van der Waals surface area contributed by atoms with Crippen molar-refractivity contribution in [1.82, 2.24) is 29.7 Å². The predicted octanol–water partition coefficient (Wildman–Crippen LogP) is 0.841. The zero-order chi connectivity index (χ0) is 22.6. The average molecular weight is 459 g/mol. The number of rotatable bonds is 8. The van der Waals surface area contributed by atoms with E-state index in [9.17, 15) is 13.2 Å². The van der Waals surface area contributed by atoms with Gasteiger partial charge in [0.1, 0.15) is 0 Å². The lowest BCUT2D eigenvalue weighted by Gasteiger charge is -2.33. The maximum atomic E-state index is 13.0. The highest BCUT2D eigenvalue weighted by molar-refractivity contribution is 7.89. The van der Waals surface area contributed by atoms with E-state index in [1.54, 1.807) is 43.6 Å². The van der Waals surface area contributed by atoms with Crippen LogP contribution < -0.4 is 5.32 Å². The molecule has 1 aromatic carbocycles. The number of benzene rings is 1. The smallest absolute Gasteiger partial charge is 0.253 e. The number of pyridine rings is 1. The fourth-order valence-corrected chi connectivity index (χ4v) is 5.01. The number of nitrogens with zero attached hydrogens (tertiary/aromatic N) is 4. The summed E-state index contributed by atoms with van der Waals surface area (Å²) in [6.45, 7) is 4.01. The third-order valence-electron chi connectivity index (χ3n) is 5.51. The quantitative estimate of drug-likeness (QED) is 0.513. The van der Waals surface area contributed by atoms with Crippen LogP contribution in [0.2, 0.25) is 0 Å². The van der Waals surface area contributed by atoms with E-state index in [0.29, 0.717) is 44.0 Å². The Morgan fingerprint density at radius 1 is 1.16 bits per heavy atom. The number of nitrogens with one attached hydrogen (secondary N) is 2. The largest absolute Gasteiger partial charge is 0.383 e. The molecule has 0 radical (unpaired) electrons. The van der Waals surface area contributed by atoms with Gasteiger partial charge < -0.3 is 10.1 Å². The van der Waals surface area contributed by atoms with Gasteiger partial charge in [0, 0.05) is 58.0 Å². The Hall–Kier alpha value is -2.86. The van der Waals surface area contributed by atoms with Crippen LogP contribution in [0.15, 0.2) is 47.6 Å². The first-order valence-electron chi connectivity index (χ1n) is 10.3. The number of aromatic nitrogens is 3. The molecular weight excluding hydrogens is 432 g/mol. The standard InChI is InChI=1S/C21H26N6O4S/c1-31-11-10-26-6-8-27(9-7-26)32(29,30)19-4-2-16(3-5-19)13-23-21(28)18-12-17-15-24-25-20(17)22-14-18/h2-5,12,14-15H,6-11,13H2,1H3,(H,23,28)(H,22,24,25). The Morgan fingerprint density at radius 3 is 2.62 bits per heavy atom. The Morgan fingerprint density at radius 2 is 1.91 bits per heavy atom. The third kappa shape index (κ3) is 4.96. The molecule has 2 N–H and O–H groups in total. The Bertz CT molecular complexity index is 1170. The van der Waals surface area contributed by atoms with Crippen molar-refractivity contribution in [3.63, 3.8) is 0 Å². The first kappa shape index (κ1) is 22.3. The van der Waals surface area contributed by atoms with Crippen LogP contribution in [0.1, 0.15) is 15.9 Å². The third-order valence-corrected chi connectivity index (χ3v) is 7.42. The number of carbonyl (C=O) groups excluding carboxylic acids is 1. The van der Waals surface area contributed by atoms with Crippen LogP contribution in [0.3, 0.4) is 0 Å². The molecule has 1 aliphatic rings. The van der Waals surface area contributed by atoms with Gasteiger partial charge in [-0.1, -0.05) is 12.1 Å². The predicted molar refractivity (Wildman–Crippen MR) is 119 cm³/mol. The fraction of sp³-hybridized carbons (Fsp3) is 0.381. The molecule has 10 nitrogen and oxygen atoms in total. The normalized spacial score (nSPS) is 15.8. The maximum absolute atomic E-state index is 13.0. The van der Waals surface area contributed by atoms with Crippen molar-refractivity contribution in [3.05, 3.63) is 53.9 Å². The molecule has 1 fully saturated rings. The lowest BCUT2D eigenvalue weighted by Crippen LogP contribution is -2.49. The average Bonchev–Trinajstić information content (AvgIpc) is 3.30. The van der Waals surface area contributed by atoms with E-state index in [0.717, 1.165) is 17.5 Å². The molecule has 0 aliphatic carbocycles. The van der Waals surface area contributed by atoms with Crippen molar-refractivity contribution in [2.24, 2.45) is 0 Å². The number of hydrogen-bond donors (Lipinski definition) is 2. The summed E-state index contributed by atoms with van der Waals surface area (Å²) in [5.74, 6) is -0.261. The minimum atomic E-state index is -3.54. The van der Waals surface area contributed by atoms with Crippen LogP contribution in [0.25, 0.3) is 11.0 Å². The molecule has 1 amide bonds. The Balaban J connectivity index is 1.33. The number of fused-ring (bicyclic) bond motifs is 1. The number of methoxy groups -OCH3 is 1. The minimum absolute atomic E-state index is 0.257. The highest BCUT2D eigenvalue weighted by Crippen LogP contribution is 2.18. The summed E-state index contributed by atoms with van der Waals surface area (Å²) in [5.41, 5.74) is 1.86. The van der Waals surface area contributed by atoms with Gasteiger partial charge in [0.2, 0.25) is 10.0 Å². The van der Waals surface area contributed by atoms with Gasteiger partial charge >= 0.3 is 0 Å². The molecule has 3 heterocycles. The van der Waals surface area contributed by atoms with E-state index in [4.69, 9.17) is 4.74 Å². The second kappa shape index (κ2) is 9.74. The summed E-state index contributed by atoms with van der Waals surface area (Å²) in [5, 5.41) is 10.2. The summed E-state index contributed by atoms with van der Waals surface area (Å²) in [4.78, 5) is 19.0. The first-order chi connectivity index (χ1) is 15.5. The van der Waals surface area contributed by atoms with Gasteiger partial charge in [-0.3, -0.25) is 14.8 Å². The molecule has 3 aromatic rings. The zero-order valence-corrected chi connectivity index (χ0v) is 18.6. The summed E-state index contributed by atoms with van der Waals surface area (Å²) < 4.78 is 32.5. The van der Waals surface area contributed by atoms with E-state index in [-0.39, 0.29) is 17.3 Å². The molecule has 32 heavy (non-hydrogen) atoms. The van der Waals surface area contributed by atoms with E-state index < -0.39 is 10.0 Å². The van der Waals surface area contributed by atoms with E-state index >= 15 is 0 Å². The highest BCUT2D eigenvalue weighted by atomic mass is 32.2. The molecule has 0 spiro atoms. The second-order valence-electron chi connectivity index (χ2n) is 7.60. The lowest BCUT2D eigenvalue weighted by atomic mass is 10.2. The monoisotopic (exact) mass is 458 g/mol. The number of ether oxygens (including phenoxy) is 1. The van der Waals surface area contributed by atoms with Crippen LogP contribution in [-0.4, -0.2) is 85.2 Å². The van der Waals surface area contributed by atoms with Crippen LogP contribution in [0, 0.1) is 0 Å². The van der Waals surface area contributed by atoms with Gasteiger partial charge in [-0.05, 0) is 23.8 Å². The van der Waals surface area contributed by atoms with Crippen LogP contribution in [-0.2, 0) is 21.3 Å². The first-order valence-corrected chi connectivity index (χ1v) is 11.8. The molecule has 0 saturated carbocycles. The Labute approximate surface area is 186 Å². The van der Waals surface area contributed by atoms with Crippen LogP contribution in [0.5, 0.6) is 0 Å². The number of hydrogen-bond acceptors (Lipinski definition) is 7. The van der Waals surface area contributed by atoms with Gasteiger partial charge in [-0.25, -0.2) is 13.4 Å². The molecule has 1 saturated heterocycles. The SMILES string of the molecule is COCCN1CCN(S(=O)(=O)c2ccc(CNC(=O)c3cnc4[nH]ncc4c3)cc2)CC1. The minimum Gasteiger partial charge on any atom is -0.383 e. The molecule has 0 unspecified atom stereocenters. The molecule has 1 aliphatic heterocycles. The summed E-state index contributed by atoms with van der Waals surface area (Å²) >= 11 is 0. The number of aromatic amines is 1. The molecule has 170 valence electrons. The van der Waals surface area contributed by atoms with Crippen LogP contribution in [0.4, 0.5) is 0 Å².